The molecule has 0 saturated heterocycles. The summed E-state index contributed by atoms with van der Waals surface area (Å²) in [4.78, 5) is 2.42. The van der Waals surface area contributed by atoms with Crippen LogP contribution in [0.2, 0.25) is 0 Å². The zero-order valence-corrected chi connectivity index (χ0v) is 12.5. The van der Waals surface area contributed by atoms with Gasteiger partial charge in [-0.3, -0.25) is 0 Å². The molecule has 2 N–H and O–H groups in total. The summed E-state index contributed by atoms with van der Waals surface area (Å²) in [5.41, 5.74) is 11.0. The van der Waals surface area contributed by atoms with Crippen molar-refractivity contribution in [3.63, 3.8) is 0 Å². The number of nitrogens with two attached hydrogens (primary N) is 1. The number of hydrogen-bond donors (Lipinski definition) is 1. The Kier molecular flexibility index (Phi) is 5.19. The van der Waals surface area contributed by atoms with E-state index in [4.69, 9.17) is 5.73 Å². The van der Waals surface area contributed by atoms with Gasteiger partial charge in [0.2, 0.25) is 0 Å². The summed E-state index contributed by atoms with van der Waals surface area (Å²) < 4.78 is 0. The summed E-state index contributed by atoms with van der Waals surface area (Å²) in [7, 11) is 0. The lowest BCUT2D eigenvalue weighted by Gasteiger charge is -2.26. The van der Waals surface area contributed by atoms with Crippen molar-refractivity contribution < 1.29 is 0 Å². The molecule has 0 radical (unpaired) electrons. The van der Waals surface area contributed by atoms with Gasteiger partial charge >= 0.3 is 0 Å². The maximum atomic E-state index is 5.68. The largest absolute Gasteiger partial charge is 0.367 e. The zero-order valence-electron chi connectivity index (χ0n) is 12.5. The van der Waals surface area contributed by atoms with Gasteiger partial charge in [-0.15, -0.1) is 0 Å². The first-order chi connectivity index (χ1) is 9.70. The average Bonchev–Trinajstić information content (AvgIpc) is 2.45. The van der Waals surface area contributed by atoms with Crippen molar-refractivity contribution in [2.45, 2.75) is 26.8 Å². The Morgan fingerprint density at radius 2 is 1.80 bits per heavy atom. The third-order valence-electron chi connectivity index (χ3n) is 3.62. The lowest BCUT2D eigenvalue weighted by molar-refractivity contribution is 0.733. The highest BCUT2D eigenvalue weighted by Gasteiger charge is 2.08. The number of nitrogens with zero attached hydrogens (tertiary/aromatic N) is 1. The molecule has 0 aromatic heterocycles. The molecular formula is C18H24N2. The van der Waals surface area contributed by atoms with Gasteiger partial charge in [-0.25, -0.2) is 0 Å². The van der Waals surface area contributed by atoms with Crippen molar-refractivity contribution >= 4 is 5.69 Å². The first-order valence-corrected chi connectivity index (χ1v) is 7.27. The van der Waals surface area contributed by atoms with E-state index >= 15 is 0 Å². The van der Waals surface area contributed by atoms with Gasteiger partial charge in [-0.05, 0) is 55.6 Å². The Balaban J connectivity index is 2.21. The second kappa shape index (κ2) is 7.11. The standard InChI is InChI=1S/C18H24N2/c1-15-7-5-10-18(13-15)20(12-6-11-19)14-17-9-4-3-8-16(17)2/h3-5,7-10,13H,6,11-12,14,19H2,1-2H3. The van der Waals surface area contributed by atoms with Gasteiger partial charge in [0.1, 0.15) is 0 Å². The second-order valence-electron chi connectivity index (χ2n) is 5.33. The normalized spacial score (nSPS) is 10.6. The SMILES string of the molecule is Cc1cccc(N(CCCN)Cc2ccccc2C)c1. The van der Waals surface area contributed by atoms with E-state index in [1.54, 1.807) is 0 Å². The van der Waals surface area contributed by atoms with E-state index in [1.807, 2.05) is 0 Å². The van der Waals surface area contributed by atoms with Crippen LogP contribution in [0.4, 0.5) is 5.69 Å². The minimum Gasteiger partial charge on any atom is -0.367 e. The zero-order chi connectivity index (χ0) is 14.4. The second-order valence-corrected chi connectivity index (χ2v) is 5.33. The minimum absolute atomic E-state index is 0.732. The highest BCUT2D eigenvalue weighted by atomic mass is 15.1. The highest BCUT2D eigenvalue weighted by molar-refractivity contribution is 5.49. The highest BCUT2D eigenvalue weighted by Crippen LogP contribution is 2.20. The van der Waals surface area contributed by atoms with Crippen LogP contribution in [-0.4, -0.2) is 13.1 Å². The summed E-state index contributed by atoms with van der Waals surface area (Å²) in [6, 6.07) is 17.3. The third-order valence-corrected chi connectivity index (χ3v) is 3.62. The van der Waals surface area contributed by atoms with Crippen LogP contribution in [0.5, 0.6) is 0 Å². The maximum Gasteiger partial charge on any atom is 0.0432 e. The number of rotatable bonds is 6. The molecule has 0 bridgehead atoms. The third kappa shape index (κ3) is 3.84. The van der Waals surface area contributed by atoms with Gasteiger partial charge in [0.15, 0.2) is 0 Å². The molecule has 0 fully saturated rings. The van der Waals surface area contributed by atoms with Gasteiger partial charge in [0.05, 0.1) is 0 Å². The fraction of sp³-hybridized carbons (Fsp3) is 0.333. The van der Waals surface area contributed by atoms with E-state index in [9.17, 15) is 0 Å². The predicted octanol–water partition coefficient (Wildman–Crippen LogP) is 3.66. The minimum atomic E-state index is 0.732. The molecule has 0 atom stereocenters. The van der Waals surface area contributed by atoms with Crippen LogP contribution in [-0.2, 0) is 6.54 Å². The first-order valence-electron chi connectivity index (χ1n) is 7.27. The van der Waals surface area contributed by atoms with Gasteiger partial charge in [-0.1, -0.05) is 36.4 Å². The Morgan fingerprint density at radius 1 is 1.00 bits per heavy atom. The summed E-state index contributed by atoms with van der Waals surface area (Å²) in [6.07, 6.45) is 1.01. The van der Waals surface area contributed by atoms with Crippen molar-refractivity contribution in [3.05, 3.63) is 65.2 Å². The van der Waals surface area contributed by atoms with E-state index in [1.165, 1.54) is 22.4 Å². The van der Waals surface area contributed by atoms with E-state index in [0.717, 1.165) is 26.1 Å². The fourth-order valence-corrected chi connectivity index (χ4v) is 2.40. The smallest absolute Gasteiger partial charge is 0.0432 e. The summed E-state index contributed by atoms with van der Waals surface area (Å²) >= 11 is 0. The van der Waals surface area contributed by atoms with Crippen LogP contribution in [0.15, 0.2) is 48.5 Å². The van der Waals surface area contributed by atoms with Gasteiger partial charge in [0, 0.05) is 18.8 Å². The Bertz CT molecular complexity index is 549. The molecule has 0 unspecified atom stereocenters. The summed E-state index contributed by atoms with van der Waals surface area (Å²) in [5, 5.41) is 0. The van der Waals surface area contributed by atoms with Crippen LogP contribution >= 0.6 is 0 Å². The molecule has 2 heteroatoms. The molecule has 0 aliphatic carbocycles. The van der Waals surface area contributed by atoms with E-state index in [0.29, 0.717) is 0 Å². The summed E-state index contributed by atoms with van der Waals surface area (Å²) in [5.74, 6) is 0. The van der Waals surface area contributed by atoms with Gasteiger partial charge < -0.3 is 10.6 Å². The molecule has 2 aromatic rings. The van der Waals surface area contributed by atoms with Crippen LogP contribution in [0, 0.1) is 13.8 Å². The van der Waals surface area contributed by atoms with E-state index in [-0.39, 0.29) is 0 Å². The molecule has 106 valence electrons. The van der Waals surface area contributed by atoms with Crippen LogP contribution < -0.4 is 10.6 Å². The van der Waals surface area contributed by atoms with Crippen molar-refractivity contribution in [3.8, 4) is 0 Å². The van der Waals surface area contributed by atoms with Crippen molar-refractivity contribution in [1.29, 1.82) is 0 Å². The molecule has 20 heavy (non-hydrogen) atoms. The van der Waals surface area contributed by atoms with Crippen molar-refractivity contribution in [2.75, 3.05) is 18.0 Å². The molecule has 0 aliphatic rings. The summed E-state index contributed by atoms with van der Waals surface area (Å²) in [6.45, 7) is 6.98. The molecular weight excluding hydrogens is 244 g/mol. The van der Waals surface area contributed by atoms with Crippen LogP contribution in [0.1, 0.15) is 23.1 Å². The quantitative estimate of drug-likeness (QED) is 0.866. The molecule has 0 saturated carbocycles. The first kappa shape index (κ1) is 14.6. The molecule has 0 spiro atoms. The number of benzene rings is 2. The molecule has 0 aliphatic heterocycles. The molecule has 2 aromatic carbocycles. The molecule has 2 rings (SSSR count). The van der Waals surface area contributed by atoms with Gasteiger partial charge in [0.25, 0.3) is 0 Å². The van der Waals surface area contributed by atoms with Crippen LogP contribution in [0.3, 0.4) is 0 Å². The topological polar surface area (TPSA) is 29.3 Å². The van der Waals surface area contributed by atoms with Crippen LogP contribution in [0.25, 0.3) is 0 Å². The van der Waals surface area contributed by atoms with Crippen molar-refractivity contribution in [1.82, 2.24) is 0 Å². The molecule has 0 amide bonds. The lowest BCUT2D eigenvalue weighted by atomic mass is 10.1. The Labute approximate surface area is 122 Å². The molecule has 0 heterocycles. The van der Waals surface area contributed by atoms with Gasteiger partial charge in [-0.2, -0.15) is 0 Å². The predicted molar refractivity (Wildman–Crippen MR) is 87.1 cm³/mol. The molecule has 2 nitrogen and oxygen atoms in total. The fourth-order valence-electron chi connectivity index (χ4n) is 2.40. The average molecular weight is 268 g/mol. The Hall–Kier alpha value is -1.80. The number of aryl methyl sites for hydroxylation is 2. The maximum absolute atomic E-state index is 5.68. The van der Waals surface area contributed by atoms with E-state index < -0.39 is 0 Å². The monoisotopic (exact) mass is 268 g/mol. The number of anilines is 1. The lowest BCUT2D eigenvalue weighted by Crippen LogP contribution is -2.26. The Morgan fingerprint density at radius 3 is 2.50 bits per heavy atom. The van der Waals surface area contributed by atoms with E-state index in [2.05, 4.69) is 67.3 Å². The number of hydrogen-bond acceptors (Lipinski definition) is 2. The van der Waals surface area contributed by atoms with Crippen molar-refractivity contribution in [2.24, 2.45) is 5.73 Å².